The second kappa shape index (κ2) is 8.73. The maximum absolute atomic E-state index is 12.5. The minimum atomic E-state index is -0.263. The van der Waals surface area contributed by atoms with Gasteiger partial charge in [-0.1, -0.05) is 18.2 Å². The molecular formula is C20H25N3O4. The van der Waals surface area contributed by atoms with Gasteiger partial charge < -0.3 is 19.4 Å². The predicted molar refractivity (Wildman–Crippen MR) is 100 cm³/mol. The number of furan rings is 1. The lowest BCUT2D eigenvalue weighted by Crippen LogP contribution is -2.54. The van der Waals surface area contributed by atoms with Crippen LogP contribution in [0.15, 0.2) is 47.1 Å². The Kier molecular flexibility index (Phi) is 6.13. The summed E-state index contributed by atoms with van der Waals surface area (Å²) in [6.07, 6.45) is 1.50. The number of rotatable bonds is 6. The van der Waals surface area contributed by atoms with Crippen molar-refractivity contribution in [3.63, 3.8) is 0 Å². The molecule has 1 atom stereocenters. The van der Waals surface area contributed by atoms with E-state index >= 15 is 0 Å². The molecule has 0 bridgehead atoms. The van der Waals surface area contributed by atoms with E-state index in [4.69, 9.17) is 9.15 Å². The highest BCUT2D eigenvalue weighted by Crippen LogP contribution is 2.17. The molecule has 0 spiro atoms. The zero-order valence-corrected chi connectivity index (χ0v) is 15.7. The van der Waals surface area contributed by atoms with Crippen LogP contribution in [-0.4, -0.2) is 60.9 Å². The molecule has 1 fully saturated rings. The van der Waals surface area contributed by atoms with Crippen molar-refractivity contribution in [1.82, 2.24) is 15.1 Å². The monoisotopic (exact) mass is 371 g/mol. The maximum atomic E-state index is 12.5. The lowest BCUT2D eigenvalue weighted by Gasteiger charge is -2.37. The minimum absolute atomic E-state index is 0.0354. The van der Waals surface area contributed by atoms with E-state index in [1.165, 1.54) is 6.26 Å². The fourth-order valence-corrected chi connectivity index (χ4v) is 3.21. The molecule has 1 aromatic heterocycles. The molecular weight excluding hydrogens is 346 g/mol. The molecule has 3 rings (SSSR count). The number of amides is 2. The molecule has 1 aliphatic rings. The van der Waals surface area contributed by atoms with Crippen LogP contribution in [-0.2, 0) is 11.3 Å². The number of carbonyl (C=O) groups excluding carboxylic acids is 2. The first-order valence-corrected chi connectivity index (χ1v) is 9.06. The van der Waals surface area contributed by atoms with Gasteiger partial charge in [-0.05, 0) is 25.1 Å². The normalized spacial score (nSPS) is 16.0. The minimum Gasteiger partial charge on any atom is -0.496 e. The van der Waals surface area contributed by atoms with Gasteiger partial charge in [-0.3, -0.25) is 14.5 Å². The van der Waals surface area contributed by atoms with Gasteiger partial charge in [-0.25, -0.2) is 0 Å². The summed E-state index contributed by atoms with van der Waals surface area (Å²) < 4.78 is 10.5. The van der Waals surface area contributed by atoms with E-state index in [9.17, 15) is 9.59 Å². The van der Waals surface area contributed by atoms with Crippen molar-refractivity contribution < 1.29 is 18.7 Å². The second-order valence-electron chi connectivity index (χ2n) is 6.51. The summed E-state index contributed by atoms with van der Waals surface area (Å²) >= 11 is 0. The second-order valence-corrected chi connectivity index (χ2v) is 6.51. The molecule has 7 heteroatoms. The van der Waals surface area contributed by atoms with Gasteiger partial charge in [-0.15, -0.1) is 0 Å². The van der Waals surface area contributed by atoms with Crippen molar-refractivity contribution in [2.24, 2.45) is 0 Å². The Morgan fingerprint density at radius 2 is 1.89 bits per heavy atom. The molecule has 144 valence electrons. The van der Waals surface area contributed by atoms with Crippen molar-refractivity contribution >= 4 is 11.8 Å². The maximum Gasteiger partial charge on any atom is 0.289 e. The molecule has 2 aromatic rings. The summed E-state index contributed by atoms with van der Waals surface area (Å²) in [4.78, 5) is 28.7. The Morgan fingerprint density at radius 1 is 1.15 bits per heavy atom. The number of para-hydroxylation sites is 1. The molecule has 1 N–H and O–H groups in total. The van der Waals surface area contributed by atoms with E-state index in [1.807, 2.05) is 31.2 Å². The number of nitrogens with one attached hydrogen (secondary N) is 1. The smallest absolute Gasteiger partial charge is 0.289 e. The molecule has 1 unspecified atom stereocenters. The quantitative estimate of drug-likeness (QED) is 0.837. The Hall–Kier alpha value is -2.80. The molecule has 0 saturated carbocycles. The fraction of sp³-hybridized carbons (Fsp3) is 0.400. The zero-order chi connectivity index (χ0) is 19.2. The highest BCUT2D eigenvalue weighted by atomic mass is 16.5. The van der Waals surface area contributed by atoms with Crippen molar-refractivity contribution in [3.05, 3.63) is 54.0 Å². The Bertz CT molecular complexity index is 767. The van der Waals surface area contributed by atoms with Gasteiger partial charge in [0.2, 0.25) is 5.91 Å². The molecule has 1 aromatic carbocycles. The molecule has 27 heavy (non-hydrogen) atoms. The van der Waals surface area contributed by atoms with E-state index < -0.39 is 0 Å². The number of methoxy groups -OCH3 is 1. The van der Waals surface area contributed by atoms with Gasteiger partial charge in [-0.2, -0.15) is 0 Å². The summed E-state index contributed by atoms with van der Waals surface area (Å²) in [5.41, 5.74) is 0.939. The third kappa shape index (κ3) is 4.49. The molecule has 2 heterocycles. The number of ether oxygens (including phenoxy) is 1. The summed E-state index contributed by atoms with van der Waals surface area (Å²) in [5.74, 6) is 0.973. The number of hydrogen-bond acceptors (Lipinski definition) is 5. The molecule has 2 amide bonds. The average molecular weight is 371 g/mol. The Balaban J connectivity index is 1.49. The lowest BCUT2D eigenvalue weighted by molar-refractivity contribution is -0.126. The van der Waals surface area contributed by atoms with Crippen LogP contribution in [0.1, 0.15) is 23.0 Å². The third-order valence-electron chi connectivity index (χ3n) is 4.91. The Labute approximate surface area is 158 Å². The van der Waals surface area contributed by atoms with Crippen molar-refractivity contribution in [3.8, 4) is 5.75 Å². The molecule has 1 saturated heterocycles. The van der Waals surface area contributed by atoms with Gasteiger partial charge in [0.25, 0.3) is 5.91 Å². The topological polar surface area (TPSA) is 75.0 Å². The summed E-state index contributed by atoms with van der Waals surface area (Å²) in [6, 6.07) is 10.7. The third-order valence-corrected chi connectivity index (χ3v) is 4.91. The predicted octanol–water partition coefficient (Wildman–Crippen LogP) is 1.75. The first-order valence-electron chi connectivity index (χ1n) is 9.06. The zero-order valence-electron chi connectivity index (χ0n) is 15.7. The van der Waals surface area contributed by atoms with Crippen molar-refractivity contribution in [2.45, 2.75) is 19.5 Å². The van der Waals surface area contributed by atoms with E-state index in [2.05, 4.69) is 10.2 Å². The molecule has 0 aliphatic carbocycles. The first-order chi connectivity index (χ1) is 13.1. The highest BCUT2D eigenvalue weighted by molar-refractivity contribution is 5.91. The van der Waals surface area contributed by atoms with Crippen LogP contribution in [0, 0.1) is 0 Å². The van der Waals surface area contributed by atoms with Gasteiger partial charge >= 0.3 is 0 Å². The van der Waals surface area contributed by atoms with Gasteiger partial charge in [0.1, 0.15) is 5.75 Å². The van der Waals surface area contributed by atoms with Gasteiger partial charge in [0.05, 0.1) is 19.4 Å². The lowest BCUT2D eigenvalue weighted by atomic mass is 10.1. The number of piperazine rings is 1. The van der Waals surface area contributed by atoms with Crippen LogP contribution >= 0.6 is 0 Å². The van der Waals surface area contributed by atoms with Crippen LogP contribution in [0.5, 0.6) is 5.75 Å². The summed E-state index contributed by atoms with van der Waals surface area (Å²) in [7, 11) is 1.62. The fourth-order valence-electron chi connectivity index (χ4n) is 3.21. The Morgan fingerprint density at radius 3 is 2.56 bits per heavy atom. The van der Waals surface area contributed by atoms with E-state index in [1.54, 1.807) is 24.1 Å². The molecule has 7 nitrogen and oxygen atoms in total. The van der Waals surface area contributed by atoms with Crippen LogP contribution in [0.3, 0.4) is 0 Å². The van der Waals surface area contributed by atoms with Crippen LogP contribution in [0.4, 0.5) is 0 Å². The number of benzene rings is 1. The highest BCUT2D eigenvalue weighted by Gasteiger charge is 2.28. The van der Waals surface area contributed by atoms with Gasteiger partial charge in [0, 0.05) is 38.3 Å². The van der Waals surface area contributed by atoms with Gasteiger partial charge in [0.15, 0.2) is 5.76 Å². The molecule has 1 aliphatic heterocycles. The van der Waals surface area contributed by atoms with Crippen molar-refractivity contribution in [1.29, 1.82) is 0 Å². The van der Waals surface area contributed by atoms with Crippen LogP contribution in [0.25, 0.3) is 0 Å². The first kappa shape index (κ1) is 19.0. The number of nitrogens with zero attached hydrogens (tertiary/aromatic N) is 2. The summed E-state index contributed by atoms with van der Waals surface area (Å²) in [5, 5.41) is 2.97. The van der Waals surface area contributed by atoms with E-state index in [0.29, 0.717) is 38.5 Å². The van der Waals surface area contributed by atoms with E-state index in [0.717, 1.165) is 11.3 Å². The van der Waals surface area contributed by atoms with Crippen molar-refractivity contribution in [2.75, 3.05) is 33.3 Å². The van der Waals surface area contributed by atoms with Crippen LogP contribution < -0.4 is 10.1 Å². The average Bonchev–Trinajstić information content (AvgIpc) is 3.26. The number of hydrogen-bond donors (Lipinski definition) is 1. The van der Waals surface area contributed by atoms with Crippen LogP contribution in [0.2, 0.25) is 0 Å². The molecule has 0 radical (unpaired) electrons. The van der Waals surface area contributed by atoms with E-state index in [-0.39, 0.29) is 17.9 Å². The largest absolute Gasteiger partial charge is 0.496 e. The summed E-state index contributed by atoms with van der Waals surface area (Å²) in [6.45, 7) is 4.75. The number of carbonyl (C=O) groups is 2. The SMILES string of the molecule is COc1ccccc1CNC(=O)C(C)N1CCN(C(=O)c2ccco2)CC1. The standard InChI is InChI=1S/C20H25N3O4/c1-15(19(24)21-14-16-6-3-4-7-17(16)26-2)22-9-11-23(12-10-22)20(25)18-8-5-13-27-18/h3-8,13,15H,9-12,14H2,1-2H3,(H,21,24).